The molecule has 0 heterocycles. The van der Waals surface area contributed by atoms with Gasteiger partial charge in [0.25, 0.3) is 0 Å². The molecule has 0 aromatic carbocycles. The van der Waals surface area contributed by atoms with E-state index in [1.165, 1.54) is 0 Å². The van der Waals surface area contributed by atoms with Crippen molar-refractivity contribution < 1.29 is 34.9 Å². The molecule has 170 valence electrons. The van der Waals surface area contributed by atoms with Crippen LogP contribution in [0.25, 0.3) is 0 Å². The van der Waals surface area contributed by atoms with Gasteiger partial charge in [-0.15, -0.1) is 0 Å². The lowest BCUT2D eigenvalue weighted by Crippen LogP contribution is -2.37. The van der Waals surface area contributed by atoms with Crippen molar-refractivity contribution in [3.05, 3.63) is 0 Å². The highest BCUT2D eigenvalue weighted by Gasteiger charge is 2.34. The van der Waals surface area contributed by atoms with Crippen LogP contribution in [0.1, 0.15) is 75.7 Å². The van der Waals surface area contributed by atoms with Crippen LogP contribution in [-0.2, 0) is 19.5 Å². The van der Waals surface area contributed by atoms with Gasteiger partial charge in [-0.05, 0) is 31.1 Å². The van der Waals surface area contributed by atoms with E-state index in [0.29, 0.717) is 13.0 Å². The molecule has 0 radical (unpaired) electrons. The first-order chi connectivity index (χ1) is 12.5. The lowest BCUT2D eigenvalue weighted by molar-refractivity contribution is -0.356. The van der Waals surface area contributed by atoms with E-state index in [1.54, 1.807) is 13.8 Å². The molecule has 0 aliphatic rings. The van der Waals surface area contributed by atoms with Crippen molar-refractivity contribution >= 4 is 5.97 Å². The number of hydrogen-bond acceptors (Lipinski definition) is 7. The monoisotopic (exact) mass is 408 g/mol. The third kappa shape index (κ3) is 13.4. The maximum atomic E-state index is 11.0. The Hall–Kier alpha value is -0.730. The molecule has 28 heavy (non-hydrogen) atoms. The average molecular weight is 409 g/mol. The van der Waals surface area contributed by atoms with Gasteiger partial charge < -0.3 is 15.1 Å². The predicted molar refractivity (Wildman–Crippen MR) is 109 cm³/mol. The molecule has 0 fully saturated rings. The van der Waals surface area contributed by atoms with Crippen molar-refractivity contribution in [3.63, 3.8) is 0 Å². The third-order valence-corrected chi connectivity index (χ3v) is 4.10. The summed E-state index contributed by atoms with van der Waals surface area (Å²) in [6.45, 7) is 20.1. The summed E-state index contributed by atoms with van der Waals surface area (Å²) >= 11 is 0. The summed E-state index contributed by atoms with van der Waals surface area (Å²) in [4.78, 5) is 25.2. The first-order valence-corrected chi connectivity index (χ1v) is 9.87. The lowest BCUT2D eigenvalue weighted by atomic mass is 9.76. The van der Waals surface area contributed by atoms with Crippen molar-refractivity contribution in [1.29, 1.82) is 0 Å². The largest absolute Gasteiger partial charge is 0.396 e. The Morgan fingerprint density at radius 3 is 1.75 bits per heavy atom. The van der Waals surface area contributed by atoms with Crippen molar-refractivity contribution in [2.24, 2.45) is 28.1 Å². The zero-order valence-corrected chi connectivity index (χ0v) is 19.5. The van der Waals surface area contributed by atoms with Crippen LogP contribution in [-0.4, -0.2) is 47.4 Å². The molecule has 0 bridgehead atoms. The van der Waals surface area contributed by atoms with E-state index in [1.807, 2.05) is 55.4 Å². The van der Waals surface area contributed by atoms with Crippen LogP contribution in [0.15, 0.2) is 0 Å². The minimum absolute atomic E-state index is 0.0180. The molecule has 0 spiro atoms. The number of carbonyl (C=O) groups is 1. The fourth-order valence-electron chi connectivity index (χ4n) is 2.99. The Bertz CT molecular complexity index is 421. The van der Waals surface area contributed by atoms with Crippen LogP contribution in [0, 0.1) is 28.1 Å². The van der Waals surface area contributed by atoms with Gasteiger partial charge in [-0.25, -0.2) is 14.6 Å². The Balaban J connectivity index is 0. The van der Waals surface area contributed by atoms with E-state index in [-0.39, 0.29) is 42.0 Å². The van der Waals surface area contributed by atoms with Crippen molar-refractivity contribution in [2.75, 3.05) is 19.8 Å². The second-order valence-electron chi connectivity index (χ2n) is 10.6. The smallest absolute Gasteiger partial charge is 0.347 e. The molecule has 0 amide bonds. The van der Waals surface area contributed by atoms with Gasteiger partial charge >= 0.3 is 5.97 Å². The molecule has 3 atom stereocenters. The molecule has 0 saturated carbocycles. The van der Waals surface area contributed by atoms with Gasteiger partial charge in [0.15, 0.2) is 0 Å². The van der Waals surface area contributed by atoms with Crippen LogP contribution in [0.4, 0.5) is 0 Å². The fourth-order valence-corrected chi connectivity index (χ4v) is 2.99. The summed E-state index contributed by atoms with van der Waals surface area (Å²) in [6, 6.07) is 0. The number of aliphatic hydroxyl groups excluding tert-OH is 2. The maximum Gasteiger partial charge on any atom is 0.347 e. The molecule has 3 unspecified atom stereocenters. The second kappa shape index (κ2) is 12.8. The van der Waals surface area contributed by atoms with E-state index in [4.69, 9.17) is 25.2 Å². The molecule has 3 N–H and O–H groups in total. The number of hydrogen-bond donors (Lipinski definition) is 3. The summed E-state index contributed by atoms with van der Waals surface area (Å²) in [5, 5.41) is 26.2. The van der Waals surface area contributed by atoms with Crippen molar-refractivity contribution in [3.8, 4) is 0 Å². The van der Waals surface area contributed by atoms with Gasteiger partial charge in [0.1, 0.15) is 6.10 Å². The Kier molecular flexibility index (Phi) is 13.4. The van der Waals surface area contributed by atoms with Crippen molar-refractivity contribution in [1.82, 2.24) is 0 Å². The van der Waals surface area contributed by atoms with Gasteiger partial charge in [0.05, 0.1) is 12.0 Å². The molecule has 7 nitrogen and oxygen atoms in total. The SMILES string of the molecule is CC(C)(C)CC(C)(C)C(=O)OO.CC(CO)COOC(C(C)CO)C(C)(C)C. The van der Waals surface area contributed by atoms with Crippen LogP contribution in [0.5, 0.6) is 0 Å². The topological polar surface area (TPSA) is 105 Å². The third-order valence-electron chi connectivity index (χ3n) is 4.10. The van der Waals surface area contributed by atoms with E-state index in [2.05, 4.69) is 4.89 Å². The summed E-state index contributed by atoms with van der Waals surface area (Å²) in [7, 11) is 0. The molecular weight excluding hydrogens is 364 g/mol. The van der Waals surface area contributed by atoms with Gasteiger partial charge in [-0.1, -0.05) is 55.4 Å². The zero-order valence-electron chi connectivity index (χ0n) is 19.5. The summed E-state index contributed by atoms with van der Waals surface area (Å²) in [5.74, 6) is -0.494. The molecule has 0 aliphatic heterocycles. The standard InChI is InChI=1S/C12H26O4.C9H18O3/c1-9(6-13)8-15-16-11(10(2)7-14)12(3,4)5;1-8(2,3)6-9(4,5)7(10)12-11/h9-11,13-14H,6-8H2,1-5H3;11H,6H2,1-5H3. The molecular formula is C21H44O7. The summed E-state index contributed by atoms with van der Waals surface area (Å²) < 4.78 is 0. The van der Waals surface area contributed by atoms with E-state index in [9.17, 15) is 4.79 Å². The molecule has 0 aromatic rings. The lowest BCUT2D eigenvalue weighted by Gasteiger charge is -2.33. The minimum Gasteiger partial charge on any atom is -0.396 e. The second-order valence-corrected chi connectivity index (χ2v) is 10.6. The molecule has 0 aliphatic carbocycles. The molecule has 0 rings (SSSR count). The summed E-state index contributed by atoms with van der Waals surface area (Å²) in [6.07, 6.45) is 0.516. The Labute approximate surface area is 171 Å². The number of aliphatic hydroxyl groups is 2. The highest BCUT2D eigenvalue weighted by atomic mass is 17.2. The highest BCUT2D eigenvalue weighted by molar-refractivity contribution is 5.75. The fraction of sp³-hybridized carbons (Fsp3) is 0.952. The number of carbonyl (C=O) groups excluding carboxylic acids is 1. The first-order valence-electron chi connectivity index (χ1n) is 9.87. The van der Waals surface area contributed by atoms with Crippen LogP contribution in [0.2, 0.25) is 0 Å². The molecule has 7 heteroatoms. The van der Waals surface area contributed by atoms with Gasteiger partial charge in [-0.2, -0.15) is 5.26 Å². The molecule has 0 saturated heterocycles. The van der Waals surface area contributed by atoms with E-state index in [0.717, 1.165) is 0 Å². The minimum atomic E-state index is -0.618. The number of rotatable bonds is 9. The predicted octanol–water partition coefficient (Wildman–Crippen LogP) is 4.07. The summed E-state index contributed by atoms with van der Waals surface area (Å²) in [5.41, 5.74) is -0.657. The maximum absolute atomic E-state index is 11.0. The van der Waals surface area contributed by atoms with Crippen molar-refractivity contribution in [2.45, 2.75) is 81.8 Å². The quantitative estimate of drug-likeness (QED) is 0.390. The Morgan fingerprint density at radius 2 is 1.43 bits per heavy atom. The average Bonchev–Trinajstić information content (AvgIpc) is 2.54. The van der Waals surface area contributed by atoms with Crippen LogP contribution in [0.3, 0.4) is 0 Å². The van der Waals surface area contributed by atoms with Crippen LogP contribution < -0.4 is 0 Å². The highest BCUT2D eigenvalue weighted by Crippen LogP contribution is 2.33. The van der Waals surface area contributed by atoms with Gasteiger partial charge in [0.2, 0.25) is 0 Å². The van der Waals surface area contributed by atoms with E-state index >= 15 is 0 Å². The van der Waals surface area contributed by atoms with Gasteiger partial charge in [0, 0.05) is 25.0 Å². The zero-order chi connectivity index (χ0) is 22.8. The molecule has 0 aromatic heterocycles. The normalized spacial score (nSPS) is 15.9. The van der Waals surface area contributed by atoms with E-state index < -0.39 is 11.4 Å². The van der Waals surface area contributed by atoms with Gasteiger partial charge in [-0.3, -0.25) is 0 Å². The first kappa shape index (κ1) is 29.5. The van der Waals surface area contributed by atoms with Crippen LogP contribution >= 0.6 is 0 Å². The Morgan fingerprint density at radius 1 is 0.929 bits per heavy atom.